The van der Waals surface area contributed by atoms with Crippen LogP contribution in [0, 0.1) is 6.92 Å². The molecule has 0 aliphatic carbocycles. The van der Waals surface area contributed by atoms with Crippen LogP contribution >= 0.6 is 15.9 Å². The Balaban J connectivity index is 2.84. The van der Waals surface area contributed by atoms with Gasteiger partial charge in [0.25, 0.3) is 0 Å². The zero-order valence-corrected chi connectivity index (χ0v) is 10.8. The molecule has 0 atom stereocenters. The van der Waals surface area contributed by atoms with Crippen LogP contribution in [0.2, 0.25) is 0 Å². The van der Waals surface area contributed by atoms with E-state index in [1.807, 2.05) is 19.1 Å². The molecule has 0 fully saturated rings. The highest BCUT2D eigenvalue weighted by Gasteiger charge is 2.08. The Labute approximate surface area is 98.5 Å². The second-order valence-electron chi connectivity index (χ2n) is 3.19. The number of hydrogen-bond acceptors (Lipinski definition) is 3. The molecule has 0 saturated carbocycles. The van der Waals surface area contributed by atoms with Crippen molar-refractivity contribution in [3.05, 3.63) is 27.7 Å². The third-order valence-corrected chi connectivity index (χ3v) is 2.52. The molecule has 0 bridgehead atoms. The van der Waals surface area contributed by atoms with Crippen LogP contribution in [0.4, 0.5) is 0 Å². The third kappa shape index (κ3) is 3.48. The summed E-state index contributed by atoms with van der Waals surface area (Å²) in [5, 5.41) is 0. The molecule has 0 spiro atoms. The summed E-state index contributed by atoms with van der Waals surface area (Å²) in [6.07, 6.45) is 0. The Morgan fingerprint density at radius 2 is 2.00 bits per heavy atom. The van der Waals surface area contributed by atoms with Gasteiger partial charge in [-0.15, -0.1) is 0 Å². The normalized spacial score (nSPS) is 10.4. The number of halogens is 1. The molecule has 0 radical (unpaired) electrons. The van der Waals surface area contributed by atoms with Crippen LogP contribution in [0.1, 0.15) is 11.1 Å². The zero-order valence-electron chi connectivity index (χ0n) is 9.17. The van der Waals surface area contributed by atoms with Gasteiger partial charge in [0.05, 0.1) is 18.2 Å². The van der Waals surface area contributed by atoms with Crippen LogP contribution in [-0.4, -0.2) is 21.0 Å². The van der Waals surface area contributed by atoms with Gasteiger partial charge >= 0.3 is 0 Å². The van der Waals surface area contributed by atoms with Gasteiger partial charge in [0.2, 0.25) is 0 Å². The standard InChI is InChI=1S/C11H15BrO3/c1-8-4-9(6-15-7-13-2)11(14-3)10(12)5-8/h4-5H,6-7H2,1-3H3. The van der Waals surface area contributed by atoms with E-state index in [4.69, 9.17) is 14.2 Å². The van der Waals surface area contributed by atoms with E-state index in [1.54, 1.807) is 14.2 Å². The largest absolute Gasteiger partial charge is 0.495 e. The average molecular weight is 275 g/mol. The number of methoxy groups -OCH3 is 2. The number of aryl methyl sites for hydroxylation is 1. The van der Waals surface area contributed by atoms with E-state index in [1.165, 1.54) is 5.56 Å². The molecule has 1 aromatic rings. The van der Waals surface area contributed by atoms with Crippen molar-refractivity contribution < 1.29 is 14.2 Å². The Morgan fingerprint density at radius 3 is 2.60 bits per heavy atom. The Morgan fingerprint density at radius 1 is 1.27 bits per heavy atom. The fourth-order valence-electron chi connectivity index (χ4n) is 1.37. The quantitative estimate of drug-likeness (QED) is 0.611. The molecule has 4 heteroatoms. The molecule has 84 valence electrons. The minimum absolute atomic E-state index is 0.286. The Kier molecular flexibility index (Phi) is 5.08. The van der Waals surface area contributed by atoms with Gasteiger partial charge < -0.3 is 14.2 Å². The minimum Gasteiger partial charge on any atom is -0.495 e. The summed E-state index contributed by atoms with van der Waals surface area (Å²) in [7, 11) is 3.25. The van der Waals surface area contributed by atoms with Crippen LogP contribution in [0.3, 0.4) is 0 Å². The highest BCUT2D eigenvalue weighted by atomic mass is 79.9. The van der Waals surface area contributed by atoms with Gasteiger partial charge in [-0.25, -0.2) is 0 Å². The van der Waals surface area contributed by atoms with Crippen molar-refractivity contribution in [2.24, 2.45) is 0 Å². The summed E-state index contributed by atoms with van der Waals surface area (Å²) >= 11 is 3.46. The fraction of sp³-hybridized carbons (Fsp3) is 0.455. The lowest BCUT2D eigenvalue weighted by Gasteiger charge is -2.11. The highest BCUT2D eigenvalue weighted by molar-refractivity contribution is 9.10. The summed E-state index contributed by atoms with van der Waals surface area (Å²) in [5.41, 5.74) is 2.18. The predicted octanol–water partition coefficient (Wildman–Crippen LogP) is 2.89. The molecule has 0 heterocycles. The smallest absolute Gasteiger partial charge is 0.146 e. The van der Waals surface area contributed by atoms with Gasteiger partial charge in [-0.05, 0) is 40.5 Å². The molecule has 0 aliphatic rings. The lowest BCUT2D eigenvalue weighted by molar-refractivity contribution is -0.0395. The van der Waals surface area contributed by atoms with E-state index in [0.717, 1.165) is 15.8 Å². The van der Waals surface area contributed by atoms with Crippen molar-refractivity contribution >= 4 is 15.9 Å². The number of ether oxygens (including phenoxy) is 3. The van der Waals surface area contributed by atoms with E-state index in [9.17, 15) is 0 Å². The molecular formula is C11H15BrO3. The summed E-state index contributed by atoms with van der Waals surface area (Å²) in [5.74, 6) is 0.816. The maximum Gasteiger partial charge on any atom is 0.146 e. The predicted molar refractivity (Wildman–Crippen MR) is 62.1 cm³/mol. The summed E-state index contributed by atoms with van der Waals surface area (Å²) in [6.45, 7) is 2.80. The molecule has 15 heavy (non-hydrogen) atoms. The first-order valence-corrected chi connectivity index (χ1v) is 5.38. The van der Waals surface area contributed by atoms with Crippen LogP contribution in [0.5, 0.6) is 5.75 Å². The van der Waals surface area contributed by atoms with Crippen molar-refractivity contribution in [2.75, 3.05) is 21.0 Å². The van der Waals surface area contributed by atoms with E-state index in [2.05, 4.69) is 15.9 Å². The maximum atomic E-state index is 5.30. The van der Waals surface area contributed by atoms with Gasteiger partial charge in [-0.1, -0.05) is 0 Å². The summed E-state index contributed by atoms with van der Waals surface area (Å²) in [6, 6.07) is 4.05. The molecule has 1 rings (SSSR count). The summed E-state index contributed by atoms with van der Waals surface area (Å²) < 4.78 is 16.4. The highest BCUT2D eigenvalue weighted by Crippen LogP contribution is 2.30. The molecule has 3 nitrogen and oxygen atoms in total. The van der Waals surface area contributed by atoms with Gasteiger partial charge in [0, 0.05) is 12.7 Å². The molecule has 0 N–H and O–H groups in total. The second-order valence-corrected chi connectivity index (χ2v) is 4.05. The van der Waals surface area contributed by atoms with Crippen molar-refractivity contribution in [1.29, 1.82) is 0 Å². The first-order valence-electron chi connectivity index (χ1n) is 4.58. The SMILES string of the molecule is COCOCc1cc(C)cc(Br)c1OC. The number of benzene rings is 1. The molecule has 0 saturated heterocycles. The van der Waals surface area contributed by atoms with Gasteiger partial charge in [-0.3, -0.25) is 0 Å². The van der Waals surface area contributed by atoms with Crippen molar-refractivity contribution in [1.82, 2.24) is 0 Å². The first-order chi connectivity index (χ1) is 7.19. The molecule has 0 unspecified atom stereocenters. The number of hydrogen-bond donors (Lipinski definition) is 0. The Hall–Kier alpha value is -0.580. The van der Waals surface area contributed by atoms with Crippen LogP contribution in [0.25, 0.3) is 0 Å². The van der Waals surface area contributed by atoms with E-state index in [0.29, 0.717) is 6.61 Å². The third-order valence-electron chi connectivity index (χ3n) is 1.93. The first kappa shape index (κ1) is 12.5. The van der Waals surface area contributed by atoms with Crippen LogP contribution in [0.15, 0.2) is 16.6 Å². The molecule has 0 aliphatic heterocycles. The topological polar surface area (TPSA) is 27.7 Å². The lowest BCUT2D eigenvalue weighted by atomic mass is 10.1. The van der Waals surface area contributed by atoms with Crippen molar-refractivity contribution in [3.63, 3.8) is 0 Å². The van der Waals surface area contributed by atoms with E-state index >= 15 is 0 Å². The molecule has 0 aromatic heterocycles. The lowest BCUT2D eigenvalue weighted by Crippen LogP contribution is -2.00. The zero-order chi connectivity index (χ0) is 11.3. The van der Waals surface area contributed by atoms with E-state index in [-0.39, 0.29) is 6.79 Å². The van der Waals surface area contributed by atoms with Gasteiger partial charge in [-0.2, -0.15) is 0 Å². The second kappa shape index (κ2) is 6.10. The fourth-order valence-corrected chi connectivity index (χ4v) is 2.15. The molecular weight excluding hydrogens is 260 g/mol. The van der Waals surface area contributed by atoms with Gasteiger partial charge in [0.1, 0.15) is 12.5 Å². The Bertz CT molecular complexity index is 326. The number of rotatable bonds is 5. The van der Waals surface area contributed by atoms with Crippen LogP contribution < -0.4 is 4.74 Å². The van der Waals surface area contributed by atoms with Crippen molar-refractivity contribution in [2.45, 2.75) is 13.5 Å². The monoisotopic (exact) mass is 274 g/mol. The summed E-state index contributed by atoms with van der Waals surface area (Å²) in [4.78, 5) is 0. The van der Waals surface area contributed by atoms with E-state index < -0.39 is 0 Å². The van der Waals surface area contributed by atoms with Gasteiger partial charge in [0.15, 0.2) is 0 Å². The van der Waals surface area contributed by atoms with Crippen molar-refractivity contribution in [3.8, 4) is 5.75 Å². The average Bonchev–Trinajstić information content (AvgIpc) is 2.17. The minimum atomic E-state index is 0.286. The molecule has 1 aromatic carbocycles. The maximum absolute atomic E-state index is 5.30. The molecule has 0 amide bonds. The van der Waals surface area contributed by atoms with Crippen LogP contribution in [-0.2, 0) is 16.1 Å².